The molecule has 3 nitrogen and oxygen atoms in total. The second-order valence-electron chi connectivity index (χ2n) is 4.29. The van der Waals surface area contributed by atoms with Crippen LogP contribution in [0.15, 0.2) is 18.2 Å². The van der Waals surface area contributed by atoms with Crippen LogP contribution >= 0.6 is 11.6 Å². The molecular weight excluding hydrogens is 238 g/mol. The highest BCUT2D eigenvalue weighted by Gasteiger charge is 2.08. The molecule has 0 saturated heterocycles. The number of benzene rings is 1. The lowest BCUT2D eigenvalue weighted by Gasteiger charge is -2.11. The van der Waals surface area contributed by atoms with Gasteiger partial charge in [-0.25, -0.2) is 0 Å². The summed E-state index contributed by atoms with van der Waals surface area (Å²) in [6.07, 6.45) is 0.694. The quantitative estimate of drug-likeness (QED) is 0.849. The summed E-state index contributed by atoms with van der Waals surface area (Å²) in [5.74, 6) is 0.173. The Morgan fingerprint density at radius 2 is 2.24 bits per heavy atom. The number of hydrogen-bond acceptors (Lipinski definition) is 2. The van der Waals surface area contributed by atoms with E-state index in [1.54, 1.807) is 18.2 Å². The van der Waals surface area contributed by atoms with Gasteiger partial charge in [-0.15, -0.1) is 0 Å². The molecule has 0 bridgehead atoms. The molecule has 0 aliphatic rings. The molecule has 1 amide bonds. The summed E-state index contributed by atoms with van der Waals surface area (Å²) in [5.41, 5.74) is 1.51. The van der Waals surface area contributed by atoms with Gasteiger partial charge in [0.15, 0.2) is 0 Å². The van der Waals surface area contributed by atoms with Gasteiger partial charge in [-0.3, -0.25) is 4.79 Å². The standard InChI is InChI=1S/C13H18ClNO2/c1-9(5-6-16)8-15-13(17)11-3-4-12(14)10(2)7-11/h3-4,7,9,16H,5-6,8H2,1-2H3,(H,15,17). The molecule has 0 aliphatic carbocycles. The molecule has 0 saturated carbocycles. The van der Waals surface area contributed by atoms with Crippen molar-refractivity contribution in [3.05, 3.63) is 34.3 Å². The molecule has 94 valence electrons. The SMILES string of the molecule is Cc1cc(C(=O)NCC(C)CCO)ccc1Cl. The third kappa shape index (κ3) is 4.36. The van der Waals surface area contributed by atoms with Crippen LogP contribution in [0.3, 0.4) is 0 Å². The second kappa shape index (κ2) is 6.62. The van der Waals surface area contributed by atoms with Crippen molar-refractivity contribution < 1.29 is 9.90 Å². The van der Waals surface area contributed by atoms with Gasteiger partial charge in [0.05, 0.1) is 0 Å². The Morgan fingerprint density at radius 3 is 2.82 bits per heavy atom. The molecule has 2 N–H and O–H groups in total. The van der Waals surface area contributed by atoms with Gasteiger partial charge in [-0.2, -0.15) is 0 Å². The largest absolute Gasteiger partial charge is 0.396 e. The first kappa shape index (κ1) is 14.0. The Hall–Kier alpha value is -1.06. The van der Waals surface area contributed by atoms with Crippen LogP contribution in [0.2, 0.25) is 5.02 Å². The van der Waals surface area contributed by atoms with Crippen molar-refractivity contribution in [3.63, 3.8) is 0 Å². The smallest absolute Gasteiger partial charge is 0.251 e. The number of rotatable bonds is 5. The lowest BCUT2D eigenvalue weighted by Crippen LogP contribution is -2.28. The third-order valence-electron chi connectivity index (χ3n) is 2.65. The number of hydrogen-bond donors (Lipinski definition) is 2. The monoisotopic (exact) mass is 255 g/mol. The van der Waals surface area contributed by atoms with Crippen LogP contribution in [0.5, 0.6) is 0 Å². The maximum atomic E-state index is 11.8. The van der Waals surface area contributed by atoms with Gasteiger partial charge in [0.1, 0.15) is 0 Å². The van der Waals surface area contributed by atoms with E-state index in [0.29, 0.717) is 23.6 Å². The Bertz CT molecular complexity index is 393. The predicted octanol–water partition coefficient (Wildman–Crippen LogP) is 2.40. The molecular formula is C13H18ClNO2. The van der Waals surface area contributed by atoms with E-state index in [2.05, 4.69) is 5.32 Å². The fraction of sp³-hybridized carbons (Fsp3) is 0.462. The van der Waals surface area contributed by atoms with Gasteiger partial charge in [0.25, 0.3) is 5.91 Å². The molecule has 1 rings (SSSR count). The van der Waals surface area contributed by atoms with Crippen LogP contribution in [-0.2, 0) is 0 Å². The Morgan fingerprint density at radius 1 is 1.53 bits per heavy atom. The van der Waals surface area contributed by atoms with Gasteiger partial charge in [0, 0.05) is 23.7 Å². The Labute approximate surface area is 107 Å². The lowest BCUT2D eigenvalue weighted by atomic mass is 10.1. The fourth-order valence-electron chi connectivity index (χ4n) is 1.48. The van der Waals surface area contributed by atoms with E-state index in [1.807, 2.05) is 13.8 Å². The summed E-state index contributed by atoms with van der Waals surface area (Å²) in [4.78, 5) is 11.8. The molecule has 1 aromatic rings. The first-order chi connectivity index (χ1) is 8.04. The minimum absolute atomic E-state index is 0.102. The predicted molar refractivity (Wildman–Crippen MR) is 69.4 cm³/mol. The molecule has 0 aliphatic heterocycles. The molecule has 0 fully saturated rings. The number of halogens is 1. The number of aryl methyl sites for hydroxylation is 1. The molecule has 0 spiro atoms. The summed E-state index contributed by atoms with van der Waals surface area (Å²) in [7, 11) is 0. The van der Waals surface area contributed by atoms with E-state index in [1.165, 1.54) is 0 Å². The molecule has 0 aromatic heterocycles. The molecule has 1 unspecified atom stereocenters. The molecule has 1 atom stereocenters. The summed E-state index contributed by atoms with van der Waals surface area (Å²) in [6, 6.07) is 5.21. The molecule has 4 heteroatoms. The van der Waals surface area contributed by atoms with Crippen molar-refractivity contribution in [2.75, 3.05) is 13.2 Å². The third-order valence-corrected chi connectivity index (χ3v) is 3.08. The zero-order valence-electron chi connectivity index (χ0n) is 10.2. The molecule has 1 aromatic carbocycles. The minimum Gasteiger partial charge on any atom is -0.396 e. The van der Waals surface area contributed by atoms with Crippen molar-refractivity contribution in [1.29, 1.82) is 0 Å². The van der Waals surface area contributed by atoms with Crippen LogP contribution < -0.4 is 5.32 Å². The highest BCUT2D eigenvalue weighted by Crippen LogP contribution is 2.16. The number of amides is 1. The zero-order valence-corrected chi connectivity index (χ0v) is 10.9. The van der Waals surface area contributed by atoms with Crippen molar-refractivity contribution in [2.45, 2.75) is 20.3 Å². The van der Waals surface area contributed by atoms with E-state index in [9.17, 15) is 4.79 Å². The number of carbonyl (C=O) groups excluding carboxylic acids is 1. The van der Waals surface area contributed by atoms with Crippen molar-refractivity contribution in [1.82, 2.24) is 5.32 Å². The van der Waals surface area contributed by atoms with Gasteiger partial charge in [-0.1, -0.05) is 18.5 Å². The highest BCUT2D eigenvalue weighted by atomic mass is 35.5. The van der Waals surface area contributed by atoms with Crippen molar-refractivity contribution in [3.8, 4) is 0 Å². The van der Waals surface area contributed by atoms with E-state index in [0.717, 1.165) is 5.56 Å². The average Bonchev–Trinajstić information content (AvgIpc) is 2.30. The Balaban J connectivity index is 2.55. The van der Waals surface area contributed by atoms with E-state index in [-0.39, 0.29) is 18.4 Å². The van der Waals surface area contributed by atoms with Crippen LogP contribution in [0.25, 0.3) is 0 Å². The van der Waals surface area contributed by atoms with E-state index in [4.69, 9.17) is 16.7 Å². The van der Waals surface area contributed by atoms with Crippen LogP contribution in [0, 0.1) is 12.8 Å². The molecule has 0 radical (unpaired) electrons. The van der Waals surface area contributed by atoms with Crippen molar-refractivity contribution >= 4 is 17.5 Å². The zero-order chi connectivity index (χ0) is 12.8. The number of nitrogens with one attached hydrogen (secondary N) is 1. The normalized spacial score (nSPS) is 12.2. The Kier molecular flexibility index (Phi) is 5.45. The van der Waals surface area contributed by atoms with Gasteiger partial charge in [0.2, 0.25) is 0 Å². The number of aliphatic hydroxyl groups excluding tert-OH is 1. The first-order valence-corrected chi connectivity index (χ1v) is 6.07. The maximum absolute atomic E-state index is 11.8. The van der Waals surface area contributed by atoms with Gasteiger partial charge < -0.3 is 10.4 Å². The lowest BCUT2D eigenvalue weighted by molar-refractivity contribution is 0.0945. The summed E-state index contributed by atoms with van der Waals surface area (Å²) < 4.78 is 0. The summed E-state index contributed by atoms with van der Waals surface area (Å²) in [5, 5.41) is 12.3. The average molecular weight is 256 g/mol. The molecule has 0 heterocycles. The van der Waals surface area contributed by atoms with E-state index < -0.39 is 0 Å². The van der Waals surface area contributed by atoms with Crippen LogP contribution in [-0.4, -0.2) is 24.2 Å². The van der Waals surface area contributed by atoms with Crippen molar-refractivity contribution in [2.24, 2.45) is 5.92 Å². The maximum Gasteiger partial charge on any atom is 0.251 e. The topological polar surface area (TPSA) is 49.3 Å². The highest BCUT2D eigenvalue weighted by molar-refractivity contribution is 6.31. The minimum atomic E-state index is -0.102. The van der Waals surface area contributed by atoms with E-state index >= 15 is 0 Å². The van der Waals surface area contributed by atoms with Crippen LogP contribution in [0.1, 0.15) is 29.3 Å². The summed E-state index contributed by atoms with van der Waals surface area (Å²) in [6.45, 7) is 4.58. The second-order valence-corrected chi connectivity index (χ2v) is 4.70. The first-order valence-electron chi connectivity index (χ1n) is 5.69. The molecule has 17 heavy (non-hydrogen) atoms. The fourth-order valence-corrected chi connectivity index (χ4v) is 1.59. The van der Waals surface area contributed by atoms with Gasteiger partial charge >= 0.3 is 0 Å². The van der Waals surface area contributed by atoms with Gasteiger partial charge in [-0.05, 0) is 43.0 Å². The number of carbonyl (C=O) groups is 1. The van der Waals surface area contributed by atoms with Crippen LogP contribution in [0.4, 0.5) is 0 Å². The number of aliphatic hydroxyl groups is 1. The summed E-state index contributed by atoms with van der Waals surface area (Å²) >= 11 is 5.89.